The van der Waals surface area contributed by atoms with Crippen LogP contribution in [0.4, 0.5) is 5.69 Å². The summed E-state index contributed by atoms with van der Waals surface area (Å²) in [4.78, 5) is 49.9. The van der Waals surface area contributed by atoms with Crippen molar-refractivity contribution >= 4 is 29.4 Å². The van der Waals surface area contributed by atoms with Crippen molar-refractivity contribution in [2.75, 3.05) is 11.9 Å². The highest BCUT2D eigenvalue weighted by molar-refractivity contribution is 6.03. The molecule has 4 N–H and O–H groups in total. The van der Waals surface area contributed by atoms with Gasteiger partial charge in [0.2, 0.25) is 11.8 Å². The summed E-state index contributed by atoms with van der Waals surface area (Å²) < 4.78 is 0. The molecule has 0 radical (unpaired) electrons. The summed E-state index contributed by atoms with van der Waals surface area (Å²) in [5, 5.41) is 17.5. The number of rotatable bonds is 11. The number of hydrogen-bond acceptors (Lipinski definition) is 5. The van der Waals surface area contributed by atoms with E-state index in [4.69, 9.17) is 5.11 Å². The summed E-state index contributed by atoms with van der Waals surface area (Å²) in [5.41, 5.74) is 2.71. The third-order valence-electron chi connectivity index (χ3n) is 6.08. The number of carbonyl (C=O) groups is 4. The molecule has 33 heavy (non-hydrogen) atoms. The molecule has 178 valence electrons. The number of carboxylic acid groups (broad SMARTS) is 1. The summed E-state index contributed by atoms with van der Waals surface area (Å²) in [6, 6.07) is 4.32. The van der Waals surface area contributed by atoms with E-state index in [0.717, 1.165) is 24.8 Å². The van der Waals surface area contributed by atoms with Crippen LogP contribution in [0.1, 0.15) is 67.8 Å². The summed E-state index contributed by atoms with van der Waals surface area (Å²) in [6.07, 6.45) is 4.48. The van der Waals surface area contributed by atoms with Gasteiger partial charge in [0.05, 0.1) is 0 Å². The lowest BCUT2D eigenvalue weighted by Gasteiger charge is -2.31. The number of benzene rings is 1. The van der Waals surface area contributed by atoms with Gasteiger partial charge in [0.25, 0.3) is 5.91 Å². The summed E-state index contributed by atoms with van der Waals surface area (Å²) in [5.74, 6) is -1.32. The third-order valence-corrected chi connectivity index (χ3v) is 6.08. The van der Waals surface area contributed by atoms with E-state index in [1.807, 2.05) is 6.07 Å². The number of fused-ring (bicyclic) bond motifs is 1. The van der Waals surface area contributed by atoms with Crippen molar-refractivity contribution in [3.63, 3.8) is 0 Å². The largest absolute Gasteiger partial charge is 0.481 e. The molecule has 0 spiro atoms. The number of hydrogen-bond donors (Lipinski definition) is 4. The Kier molecular flexibility index (Phi) is 8.08. The number of amides is 3. The van der Waals surface area contributed by atoms with Crippen LogP contribution in [0.5, 0.6) is 0 Å². The van der Waals surface area contributed by atoms with E-state index in [0.29, 0.717) is 49.3 Å². The van der Waals surface area contributed by atoms with Crippen molar-refractivity contribution in [3.05, 3.63) is 41.6 Å². The standard InChI is InChI=1S/C24H32N4O5/c1-15-11-12-20(23(32)26-15)28-14-18-17(24(28)33)8-7-9-19(18)27-16(2)22(31)25-13-6-4-3-5-10-21(29)30/h7-9,16,20,27H,1,3-6,10-14H2,2H3,(H,25,31)(H,26,32)(H,29,30). The van der Waals surface area contributed by atoms with Crippen LogP contribution in [0, 0.1) is 0 Å². The molecule has 0 aliphatic carbocycles. The molecular weight excluding hydrogens is 424 g/mol. The van der Waals surface area contributed by atoms with Crippen LogP contribution in [0.15, 0.2) is 30.5 Å². The number of nitrogens with zero attached hydrogens (tertiary/aromatic N) is 1. The third kappa shape index (κ3) is 6.12. The van der Waals surface area contributed by atoms with Gasteiger partial charge in [-0.25, -0.2) is 0 Å². The Balaban J connectivity index is 1.52. The highest BCUT2D eigenvalue weighted by Crippen LogP contribution is 2.33. The van der Waals surface area contributed by atoms with E-state index in [1.54, 1.807) is 24.0 Å². The van der Waals surface area contributed by atoms with Crippen LogP contribution in [0.2, 0.25) is 0 Å². The van der Waals surface area contributed by atoms with Gasteiger partial charge in [-0.2, -0.15) is 0 Å². The van der Waals surface area contributed by atoms with E-state index < -0.39 is 18.1 Å². The molecular formula is C24H32N4O5. The van der Waals surface area contributed by atoms with Crippen LogP contribution < -0.4 is 16.0 Å². The minimum atomic E-state index is -0.784. The zero-order valence-corrected chi connectivity index (χ0v) is 19.0. The lowest BCUT2D eigenvalue weighted by atomic mass is 10.0. The predicted molar refractivity (Wildman–Crippen MR) is 123 cm³/mol. The van der Waals surface area contributed by atoms with Gasteiger partial charge >= 0.3 is 5.97 Å². The molecule has 1 saturated heterocycles. The lowest BCUT2D eigenvalue weighted by molar-refractivity contribution is -0.137. The van der Waals surface area contributed by atoms with Crippen molar-refractivity contribution < 1.29 is 24.3 Å². The minimum Gasteiger partial charge on any atom is -0.481 e. The van der Waals surface area contributed by atoms with Gasteiger partial charge in [0.15, 0.2) is 0 Å². The normalized spacial score (nSPS) is 18.5. The van der Waals surface area contributed by atoms with E-state index in [2.05, 4.69) is 22.5 Å². The van der Waals surface area contributed by atoms with E-state index in [-0.39, 0.29) is 24.1 Å². The second kappa shape index (κ2) is 11.0. The van der Waals surface area contributed by atoms with Gasteiger partial charge in [0, 0.05) is 42.0 Å². The number of unbranched alkanes of at least 4 members (excludes halogenated alkanes) is 3. The van der Waals surface area contributed by atoms with Crippen molar-refractivity contribution in [1.29, 1.82) is 0 Å². The molecule has 3 amide bonds. The molecule has 2 unspecified atom stereocenters. The van der Waals surface area contributed by atoms with Crippen LogP contribution in [0.25, 0.3) is 0 Å². The van der Waals surface area contributed by atoms with Gasteiger partial charge in [-0.1, -0.05) is 25.5 Å². The fourth-order valence-corrected chi connectivity index (χ4v) is 4.22. The maximum Gasteiger partial charge on any atom is 0.303 e. The molecule has 2 aliphatic heterocycles. The molecule has 2 aliphatic rings. The lowest BCUT2D eigenvalue weighted by Crippen LogP contribution is -2.49. The first-order valence-electron chi connectivity index (χ1n) is 11.5. The predicted octanol–water partition coefficient (Wildman–Crippen LogP) is 2.39. The second-order valence-electron chi connectivity index (χ2n) is 8.63. The highest BCUT2D eigenvalue weighted by Gasteiger charge is 2.39. The first kappa shape index (κ1) is 24.3. The Labute approximate surface area is 193 Å². The fourth-order valence-electron chi connectivity index (χ4n) is 4.22. The Morgan fingerprint density at radius 2 is 2.00 bits per heavy atom. The Morgan fingerprint density at radius 1 is 1.24 bits per heavy atom. The molecule has 0 aromatic heterocycles. The molecule has 2 heterocycles. The number of aliphatic carboxylic acids is 1. The smallest absolute Gasteiger partial charge is 0.303 e. The average Bonchev–Trinajstić information content (AvgIpc) is 3.10. The summed E-state index contributed by atoms with van der Waals surface area (Å²) in [6.45, 7) is 6.39. The Morgan fingerprint density at radius 3 is 2.73 bits per heavy atom. The second-order valence-corrected chi connectivity index (χ2v) is 8.63. The fraction of sp³-hybridized carbons (Fsp3) is 0.500. The molecule has 0 saturated carbocycles. The molecule has 9 heteroatoms. The zero-order chi connectivity index (χ0) is 24.0. The molecule has 9 nitrogen and oxygen atoms in total. The van der Waals surface area contributed by atoms with E-state index in [1.165, 1.54) is 0 Å². The Hall–Kier alpha value is -3.36. The SMILES string of the molecule is C=C1CCC(N2Cc3c(NC(C)C(=O)NCCCCCCC(=O)O)cccc3C2=O)C(=O)N1. The molecule has 0 bridgehead atoms. The molecule has 1 aromatic carbocycles. The van der Waals surface area contributed by atoms with Gasteiger partial charge in [0.1, 0.15) is 12.1 Å². The molecule has 1 fully saturated rings. The maximum atomic E-state index is 13.0. The van der Waals surface area contributed by atoms with Crippen molar-refractivity contribution in [2.45, 2.75) is 70.5 Å². The zero-order valence-electron chi connectivity index (χ0n) is 19.0. The summed E-state index contributed by atoms with van der Waals surface area (Å²) >= 11 is 0. The molecule has 1 aromatic rings. The van der Waals surface area contributed by atoms with E-state index in [9.17, 15) is 19.2 Å². The summed E-state index contributed by atoms with van der Waals surface area (Å²) in [7, 11) is 0. The van der Waals surface area contributed by atoms with Crippen molar-refractivity contribution in [2.24, 2.45) is 0 Å². The van der Waals surface area contributed by atoms with Crippen molar-refractivity contribution in [1.82, 2.24) is 15.5 Å². The number of anilines is 1. The van der Waals surface area contributed by atoms with Gasteiger partial charge in [-0.3, -0.25) is 19.2 Å². The molecule has 2 atom stereocenters. The van der Waals surface area contributed by atoms with Crippen LogP contribution >= 0.6 is 0 Å². The minimum absolute atomic E-state index is 0.149. The Bertz CT molecular complexity index is 945. The van der Waals surface area contributed by atoms with Crippen LogP contribution in [-0.4, -0.2) is 52.3 Å². The first-order valence-corrected chi connectivity index (χ1v) is 11.5. The highest BCUT2D eigenvalue weighted by atomic mass is 16.4. The topological polar surface area (TPSA) is 128 Å². The number of allylic oxidation sites excluding steroid dienone is 1. The van der Waals surface area contributed by atoms with Crippen LogP contribution in [-0.2, 0) is 20.9 Å². The number of carboxylic acids is 1. The van der Waals surface area contributed by atoms with Gasteiger partial charge in [-0.15, -0.1) is 0 Å². The van der Waals surface area contributed by atoms with E-state index >= 15 is 0 Å². The molecule has 3 rings (SSSR count). The number of piperidine rings is 1. The van der Waals surface area contributed by atoms with Crippen molar-refractivity contribution in [3.8, 4) is 0 Å². The van der Waals surface area contributed by atoms with Gasteiger partial charge in [-0.05, 0) is 44.7 Å². The first-order chi connectivity index (χ1) is 15.8. The number of carbonyl (C=O) groups excluding carboxylic acids is 3. The number of nitrogens with one attached hydrogen (secondary N) is 3. The quantitative estimate of drug-likeness (QED) is 0.379. The van der Waals surface area contributed by atoms with Gasteiger partial charge < -0.3 is 26.0 Å². The monoisotopic (exact) mass is 456 g/mol. The maximum absolute atomic E-state index is 13.0. The van der Waals surface area contributed by atoms with Crippen LogP contribution in [0.3, 0.4) is 0 Å². The average molecular weight is 457 g/mol.